The highest BCUT2D eigenvalue weighted by Gasteiger charge is 2.19. The molecule has 0 fully saturated rings. The van der Waals surface area contributed by atoms with Gasteiger partial charge in [0.1, 0.15) is 16.5 Å². The van der Waals surface area contributed by atoms with Gasteiger partial charge in [-0.2, -0.15) is 0 Å². The number of methoxy groups -OCH3 is 1. The van der Waals surface area contributed by atoms with Crippen LogP contribution >= 0.6 is 0 Å². The van der Waals surface area contributed by atoms with Crippen molar-refractivity contribution < 1.29 is 17.5 Å². The van der Waals surface area contributed by atoms with Gasteiger partial charge in [-0.25, -0.2) is 12.8 Å². The van der Waals surface area contributed by atoms with Crippen LogP contribution in [0.4, 0.5) is 4.39 Å². The maximum atomic E-state index is 13.4. The Morgan fingerprint density at radius 2 is 2.06 bits per heavy atom. The van der Waals surface area contributed by atoms with Crippen molar-refractivity contribution in [2.75, 3.05) is 27.0 Å². The van der Waals surface area contributed by atoms with Gasteiger partial charge in [-0.3, -0.25) is 0 Å². The van der Waals surface area contributed by atoms with Gasteiger partial charge in [0.15, 0.2) is 9.84 Å². The summed E-state index contributed by atoms with van der Waals surface area (Å²) in [5.41, 5.74) is 0.544. The van der Waals surface area contributed by atoms with Crippen LogP contribution in [-0.2, 0) is 16.3 Å². The Labute approximate surface area is 101 Å². The van der Waals surface area contributed by atoms with Crippen LogP contribution in [0.25, 0.3) is 0 Å². The minimum atomic E-state index is -3.50. The van der Waals surface area contributed by atoms with Crippen molar-refractivity contribution in [3.05, 3.63) is 23.5 Å². The molecule has 0 radical (unpaired) electrons. The Morgan fingerprint density at radius 1 is 1.41 bits per heavy atom. The molecule has 0 unspecified atom stereocenters. The van der Waals surface area contributed by atoms with E-state index in [0.717, 1.165) is 12.3 Å². The number of hydrogen-bond acceptors (Lipinski definition) is 4. The number of likely N-dealkylation sites (N-methyl/N-ethyl adjacent to an activating group) is 1. The van der Waals surface area contributed by atoms with Gasteiger partial charge in [0.25, 0.3) is 0 Å². The monoisotopic (exact) mass is 261 g/mol. The topological polar surface area (TPSA) is 55.4 Å². The van der Waals surface area contributed by atoms with Gasteiger partial charge in [0.2, 0.25) is 0 Å². The molecule has 0 saturated heterocycles. The number of nitrogens with one attached hydrogen (secondary N) is 1. The zero-order chi connectivity index (χ0) is 13.1. The minimum Gasteiger partial charge on any atom is -0.495 e. The van der Waals surface area contributed by atoms with Crippen molar-refractivity contribution in [1.29, 1.82) is 0 Å². The van der Waals surface area contributed by atoms with E-state index in [4.69, 9.17) is 4.74 Å². The van der Waals surface area contributed by atoms with E-state index in [1.807, 2.05) is 0 Å². The summed E-state index contributed by atoms with van der Waals surface area (Å²) in [5.74, 6) is -0.346. The lowest BCUT2D eigenvalue weighted by Crippen LogP contribution is -2.12. The molecule has 17 heavy (non-hydrogen) atoms. The van der Waals surface area contributed by atoms with E-state index in [-0.39, 0.29) is 10.6 Å². The maximum Gasteiger partial charge on any atom is 0.179 e. The summed E-state index contributed by atoms with van der Waals surface area (Å²) in [7, 11) is -0.354. The lowest BCUT2D eigenvalue weighted by Gasteiger charge is -2.12. The molecule has 0 aromatic heterocycles. The van der Waals surface area contributed by atoms with E-state index in [1.54, 1.807) is 7.05 Å². The average Bonchev–Trinajstić information content (AvgIpc) is 2.24. The Bertz CT molecular complexity index is 500. The SMILES string of the molecule is CNCCc1cc(F)cc(S(C)(=O)=O)c1OC. The van der Waals surface area contributed by atoms with Crippen LogP contribution in [0.2, 0.25) is 0 Å². The number of ether oxygens (including phenoxy) is 1. The molecule has 0 atom stereocenters. The smallest absolute Gasteiger partial charge is 0.179 e. The standard InChI is InChI=1S/C11H16FNO3S/c1-13-5-4-8-6-9(12)7-10(11(8)16-2)17(3,14)15/h6-7,13H,4-5H2,1-3H3. The lowest BCUT2D eigenvalue weighted by atomic mass is 10.1. The summed E-state index contributed by atoms with van der Waals surface area (Å²) in [6, 6.07) is 2.28. The van der Waals surface area contributed by atoms with Crippen molar-refractivity contribution in [2.24, 2.45) is 0 Å². The van der Waals surface area contributed by atoms with Gasteiger partial charge in [-0.15, -0.1) is 0 Å². The number of halogens is 1. The first kappa shape index (κ1) is 13.9. The second-order valence-corrected chi connectivity index (χ2v) is 5.71. The van der Waals surface area contributed by atoms with Crippen LogP contribution in [0, 0.1) is 5.82 Å². The Hall–Kier alpha value is -1.14. The van der Waals surface area contributed by atoms with Crippen LogP contribution in [-0.4, -0.2) is 35.4 Å². The van der Waals surface area contributed by atoms with Gasteiger partial charge in [-0.1, -0.05) is 0 Å². The second kappa shape index (κ2) is 5.46. The van der Waals surface area contributed by atoms with Gasteiger partial charge in [0.05, 0.1) is 7.11 Å². The first-order valence-electron chi connectivity index (χ1n) is 5.11. The number of sulfone groups is 1. The first-order chi connectivity index (χ1) is 7.90. The number of rotatable bonds is 5. The van der Waals surface area contributed by atoms with E-state index < -0.39 is 15.7 Å². The van der Waals surface area contributed by atoms with Crippen LogP contribution in [0.15, 0.2) is 17.0 Å². The van der Waals surface area contributed by atoms with Crippen LogP contribution in [0.5, 0.6) is 5.75 Å². The molecule has 0 heterocycles. The quantitative estimate of drug-likeness (QED) is 0.859. The van der Waals surface area contributed by atoms with E-state index in [1.165, 1.54) is 13.2 Å². The van der Waals surface area contributed by atoms with Gasteiger partial charge >= 0.3 is 0 Å². The third kappa shape index (κ3) is 3.41. The van der Waals surface area contributed by atoms with Crippen molar-refractivity contribution in [3.63, 3.8) is 0 Å². The molecular formula is C11H16FNO3S. The summed E-state index contributed by atoms with van der Waals surface area (Å²) in [6.45, 7) is 0.614. The molecule has 1 N–H and O–H groups in total. The zero-order valence-corrected chi connectivity index (χ0v) is 10.9. The largest absolute Gasteiger partial charge is 0.495 e. The van der Waals surface area contributed by atoms with E-state index in [0.29, 0.717) is 18.5 Å². The third-order valence-electron chi connectivity index (χ3n) is 2.34. The van der Waals surface area contributed by atoms with E-state index >= 15 is 0 Å². The molecule has 0 aliphatic carbocycles. The third-order valence-corrected chi connectivity index (χ3v) is 3.45. The van der Waals surface area contributed by atoms with Crippen molar-refractivity contribution in [1.82, 2.24) is 5.32 Å². The van der Waals surface area contributed by atoms with Crippen LogP contribution < -0.4 is 10.1 Å². The Balaban J connectivity index is 3.35. The predicted molar refractivity (Wildman–Crippen MR) is 63.7 cm³/mol. The normalized spacial score (nSPS) is 11.5. The molecule has 1 aromatic rings. The Kier molecular flexibility index (Phi) is 4.47. The summed E-state index contributed by atoms with van der Waals surface area (Å²) >= 11 is 0. The zero-order valence-electron chi connectivity index (χ0n) is 10.1. The Morgan fingerprint density at radius 3 is 2.53 bits per heavy atom. The number of hydrogen-bond donors (Lipinski definition) is 1. The fraction of sp³-hybridized carbons (Fsp3) is 0.455. The molecule has 0 amide bonds. The van der Waals surface area contributed by atoms with Crippen molar-refractivity contribution in [3.8, 4) is 5.75 Å². The van der Waals surface area contributed by atoms with Gasteiger partial charge in [0, 0.05) is 6.26 Å². The summed E-state index contributed by atoms with van der Waals surface area (Å²) in [6.07, 6.45) is 1.53. The molecule has 6 heteroatoms. The van der Waals surface area contributed by atoms with E-state index in [2.05, 4.69) is 5.32 Å². The maximum absolute atomic E-state index is 13.4. The second-order valence-electron chi connectivity index (χ2n) is 3.72. The lowest BCUT2D eigenvalue weighted by molar-refractivity contribution is 0.395. The van der Waals surface area contributed by atoms with Gasteiger partial charge < -0.3 is 10.1 Å². The highest BCUT2D eigenvalue weighted by molar-refractivity contribution is 7.90. The predicted octanol–water partition coefficient (Wildman–Crippen LogP) is 1.000. The molecule has 0 bridgehead atoms. The molecule has 0 spiro atoms. The number of benzene rings is 1. The molecule has 1 aromatic carbocycles. The fourth-order valence-electron chi connectivity index (χ4n) is 1.58. The average molecular weight is 261 g/mol. The molecule has 96 valence electrons. The van der Waals surface area contributed by atoms with Crippen molar-refractivity contribution >= 4 is 9.84 Å². The van der Waals surface area contributed by atoms with Crippen LogP contribution in [0.1, 0.15) is 5.56 Å². The minimum absolute atomic E-state index is 0.105. The van der Waals surface area contributed by atoms with Gasteiger partial charge in [-0.05, 0) is 37.7 Å². The van der Waals surface area contributed by atoms with Crippen molar-refractivity contribution in [2.45, 2.75) is 11.3 Å². The highest BCUT2D eigenvalue weighted by Crippen LogP contribution is 2.29. The van der Waals surface area contributed by atoms with E-state index in [9.17, 15) is 12.8 Å². The molecule has 0 aliphatic heterocycles. The fourth-order valence-corrected chi connectivity index (χ4v) is 2.45. The highest BCUT2D eigenvalue weighted by atomic mass is 32.2. The molecule has 1 rings (SSSR count). The molecule has 4 nitrogen and oxygen atoms in total. The molecular weight excluding hydrogens is 245 g/mol. The molecule has 0 saturated carbocycles. The summed E-state index contributed by atoms with van der Waals surface area (Å²) < 4.78 is 41.5. The molecule has 0 aliphatic rings. The summed E-state index contributed by atoms with van der Waals surface area (Å²) in [4.78, 5) is -0.105. The first-order valence-corrected chi connectivity index (χ1v) is 7.00. The summed E-state index contributed by atoms with van der Waals surface area (Å²) in [5, 5.41) is 2.92. The van der Waals surface area contributed by atoms with Crippen LogP contribution in [0.3, 0.4) is 0 Å².